The number of aryl methyl sites for hydroxylation is 2. The van der Waals surface area contributed by atoms with Crippen LogP contribution in [0.25, 0.3) is 11.2 Å². The minimum Gasteiger partial charge on any atom is -0.393 e. The van der Waals surface area contributed by atoms with Crippen molar-refractivity contribution in [3.05, 3.63) is 22.6 Å². The van der Waals surface area contributed by atoms with Crippen molar-refractivity contribution in [3.8, 4) is 0 Å². The highest BCUT2D eigenvalue weighted by atomic mass is 79.9. The van der Waals surface area contributed by atoms with Crippen molar-refractivity contribution < 1.29 is 0 Å². The zero-order valence-corrected chi connectivity index (χ0v) is 11.2. The molecule has 84 valence electrons. The number of nitrogens with zero attached hydrogens (tertiary/aromatic N) is 3. The van der Waals surface area contributed by atoms with Crippen LogP contribution in [-0.2, 0) is 6.54 Å². The number of hydrogen-bond acceptors (Lipinski definition) is 3. The first-order valence-electron chi connectivity index (χ1n) is 4.84. The Kier molecular flexibility index (Phi) is 3.20. The molecular formula is C10H11BrN4S. The first kappa shape index (κ1) is 11.5. The Morgan fingerprint density at radius 3 is 3.06 bits per heavy atom. The van der Waals surface area contributed by atoms with E-state index >= 15 is 0 Å². The van der Waals surface area contributed by atoms with E-state index in [1.807, 2.05) is 17.6 Å². The molecule has 0 radical (unpaired) electrons. The molecule has 0 fully saturated rings. The van der Waals surface area contributed by atoms with Crippen molar-refractivity contribution in [2.24, 2.45) is 5.73 Å². The van der Waals surface area contributed by atoms with Crippen LogP contribution in [-0.4, -0.2) is 19.5 Å². The fraction of sp³-hybridized carbons (Fsp3) is 0.300. The fourth-order valence-electron chi connectivity index (χ4n) is 1.59. The molecule has 0 saturated carbocycles. The Morgan fingerprint density at radius 2 is 2.38 bits per heavy atom. The molecule has 0 spiro atoms. The van der Waals surface area contributed by atoms with Gasteiger partial charge >= 0.3 is 0 Å². The lowest BCUT2D eigenvalue weighted by atomic mass is 10.4. The third kappa shape index (κ3) is 2.22. The van der Waals surface area contributed by atoms with Gasteiger partial charge in [0.15, 0.2) is 5.65 Å². The second-order valence-electron chi connectivity index (χ2n) is 3.52. The van der Waals surface area contributed by atoms with Crippen LogP contribution in [0.4, 0.5) is 0 Å². The van der Waals surface area contributed by atoms with Crippen LogP contribution in [0, 0.1) is 6.92 Å². The van der Waals surface area contributed by atoms with Gasteiger partial charge in [-0.15, -0.1) is 0 Å². The number of aromatic nitrogens is 3. The molecule has 0 aliphatic rings. The van der Waals surface area contributed by atoms with E-state index in [2.05, 4.69) is 25.9 Å². The number of halogens is 1. The van der Waals surface area contributed by atoms with Crippen LogP contribution in [0.1, 0.15) is 12.2 Å². The van der Waals surface area contributed by atoms with Crippen molar-refractivity contribution in [1.29, 1.82) is 0 Å². The molecule has 4 nitrogen and oxygen atoms in total. The van der Waals surface area contributed by atoms with Gasteiger partial charge in [0.05, 0.1) is 4.99 Å². The van der Waals surface area contributed by atoms with Crippen LogP contribution >= 0.6 is 28.1 Å². The molecule has 2 heterocycles. The Balaban J connectivity index is 2.43. The van der Waals surface area contributed by atoms with Gasteiger partial charge in [-0.1, -0.05) is 12.2 Å². The highest BCUT2D eigenvalue weighted by Crippen LogP contribution is 2.18. The molecule has 16 heavy (non-hydrogen) atoms. The summed E-state index contributed by atoms with van der Waals surface area (Å²) in [5, 5.41) is 0. The second-order valence-corrected chi connectivity index (χ2v) is 4.96. The van der Waals surface area contributed by atoms with Gasteiger partial charge in [-0.3, -0.25) is 0 Å². The summed E-state index contributed by atoms with van der Waals surface area (Å²) in [6.07, 6.45) is 2.43. The van der Waals surface area contributed by atoms with Crippen molar-refractivity contribution >= 4 is 44.3 Å². The zero-order chi connectivity index (χ0) is 11.7. The van der Waals surface area contributed by atoms with E-state index in [0.717, 1.165) is 28.0 Å². The van der Waals surface area contributed by atoms with Gasteiger partial charge < -0.3 is 10.3 Å². The van der Waals surface area contributed by atoms with E-state index in [1.165, 1.54) is 0 Å². The first-order valence-corrected chi connectivity index (χ1v) is 6.05. The molecular weight excluding hydrogens is 288 g/mol. The van der Waals surface area contributed by atoms with E-state index in [0.29, 0.717) is 11.4 Å². The minimum atomic E-state index is 0.512. The first-order chi connectivity index (χ1) is 7.58. The van der Waals surface area contributed by atoms with Crippen molar-refractivity contribution in [1.82, 2.24) is 14.5 Å². The van der Waals surface area contributed by atoms with Crippen LogP contribution < -0.4 is 5.73 Å². The van der Waals surface area contributed by atoms with Gasteiger partial charge in [-0.2, -0.15) is 0 Å². The molecule has 2 N–H and O–H groups in total. The topological polar surface area (TPSA) is 56.7 Å². The molecule has 0 atom stereocenters. The molecule has 0 saturated heterocycles. The van der Waals surface area contributed by atoms with E-state index in [-0.39, 0.29) is 0 Å². The second kappa shape index (κ2) is 4.47. The van der Waals surface area contributed by atoms with Gasteiger partial charge in [-0.25, -0.2) is 9.97 Å². The standard InChI is InChI=1S/C10H11BrN4S/c1-6-14-8-4-7(11)5-13-10(8)15(6)3-2-9(12)16/h4-5H,2-3H2,1H3,(H2,12,16). The SMILES string of the molecule is Cc1nc2cc(Br)cnc2n1CCC(N)=S. The lowest BCUT2D eigenvalue weighted by Crippen LogP contribution is -2.12. The third-order valence-corrected chi connectivity index (χ3v) is 2.96. The molecule has 2 aromatic rings. The summed E-state index contributed by atoms with van der Waals surface area (Å²) in [7, 11) is 0. The summed E-state index contributed by atoms with van der Waals surface area (Å²) in [6.45, 7) is 2.68. The van der Waals surface area contributed by atoms with Crippen molar-refractivity contribution in [3.63, 3.8) is 0 Å². The lowest BCUT2D eigenvalue weighted by Gasteiger charge is -2.04. The van der Waals surface area contributed by atoms with E-state index < -0.39 is 0 Å². The van der Waals surface area contributed by atoms with Crippen molar-refractivity contribution in [2.75, 3.05) is 0 Å². The van der Waals surface area contributed by atoms with Gasteiger partial charge in [0, 0.05) is 23.6 Å². The molecule has 0 bridgehead atoms. The molecule has 2 aromatic heterocycles. The summed E-state index contributed by atoms with van der Waals surface area (Å²) in [6, 6.07) is 1.95. The van der Waals surface area contributed by atoms with Crippen LogP contribution in [0.2, 0.25) is 0 Å². The van der Waals surface area contributed by atoms with E-state index in [9.17, 15) is 0 Å². The fourth-order valence-corrected chi connectivity index (χ4v) is 2.00. The van der Waals surface area contributed by atoms with E-state index in [4.69, 9.17) is 18.0 Å². The number of hydrogen-bond donors (Lipinski definition) is 1. The Hall–Kier alpha value is -1.01. The predicted octanol–water partition coefficient (Wildman–Crippen LogP) is 2.18. The summed E-state index contributed by atoms with van der Waals surface area (Å²) in [4.78, 5) is 9.30. The van der Waals surface area contributed by atoms with Crippen molar-refractivity contribution in [2.45, 2.75) is 19.9 Å². The summed E-state index contributed by atoms with van der Waals surface area (Å²) in [5.41, 5.74) is 7.25. The van der Waals surface area contributed by atoms with Gasteiger partial charge in [-0.05, 0) is 28.9 Å². The number of thiocarbonyl (C=S) groups is 1. The highest BCUT2D eigenvalue weighted by Gasteiger charge is 2.08. The predicted molar refractivity (Wildman–Crippen MR) is 71.4 cm³/mol. The number of rotatable bonds is 3. The average molecular weight is 299 g/mol. The van der Waals surface area contributed by atoms with E-state index in [1.54, 1.807) is 6.20 Å². The molecule has 6 heteroatoms. The molecule has 0 aromatic carbocycles. The zero-order valence-electron chi connectivity index (χ0n) is 8.77. The third-order valence-electron chi connectivity index (χ3n) is 2.32. The number of imidazole rings is 1. The number of fused-ring (bicyclic) bond motifs is 1. The van der Waals surface area contributed by atoms with Gasteiger partial charge in [0.25, 0.3) is 0 Å². The minimum absolute atomic E-state index is 0.512. The number of nitrogens with two attached hydrogens (primary N) is 1. The molecule has 0 aliphatic carbocycles. The van der Waals surface area contributed by atoms with Crippen LogP contribution in [0.15, 0.2) is 16.7 Å². The highest BCUT2D eigenvalue weighted by molar-refractivity contribution is 9.10. The van der Waals surface area contributed by atoms with Gasteiger partial charge in [0.1, 0.15) is 11.3 Å². The van der Waals surface area contributed by atoms with Crippen LogP contribution in [0.3, 0.4) is 0 Å². The Bertz CT molecular complexity index is 549. The quantitative estimate of drug-likeness (QED) is 0.883. The maximum absolute atomic E-state index is 5.50. The maximum Gasteiger partial charge on any atom is 0.160 e. The van der Waals surface area contributed by atoms with Crippen LogP contribution in [0.5, 0.6) is 0 Å². The summed E-state index contributed by atoms with van der Waals surface area (Å²) >= 11 is 8.25. The summed E-state index contributed by atoms with van der Waals surface area (Å²) < 4.78 is 2.96. The maximum atomic E-state index is 5.50. The monoisotopic (exact) mass is 298 g/mol. The molecule has 0 aliphatic heterocycles. The Labute approximate surface area is 107 Å². The number of pyridine rings is 1. The average Bonchev–Trinajstić information content (AvgIpc) is 2.50. The lowest BCUT2D eigenvalue weighted by molar-refractivity contribution is 0.714. The summed E-state index contributed by atoms with van der Waals surface area (Å²) in [5.74, 6) is 0.928. The molecule has 0 amide bonds. The molecule has 2 rings (SSSR count). The normalized spacial score (nSPS) is 10.9. The molecule has 0 unspecified atom stereocenters. The largest absolute Gasteiger partial charge is 0.393 e. The Morgan fingerprint density at radius 1 is 1.62 bits per heavy atom. The smallest absolute Gasteiger partial charge is 0.160 e. The van der Waals surface area contributed by atoms with Gasteiger partial charge in [0.2, 0.25) is 0 Å².